The number of hydrogen-bond acceptors (Lipinski definition) is 0. The van der Waals surface area contributed by atoms with Crippen LogP contribution in [0.15, 0.2) is 24.4 Å². The Morgan fingerprint density at radius 2 is 1.81 bits per heavy atom. The molecular formula is C15H21N. The van der Waals surface area contributed by atoms with Crippen LogP contribution < -0.4 is 0 Å². The highest BCUT2D eigenvalue weighted by atomic mass is 15.0. The van der Waals surface area contributed by atoms with Crippen molar-refractivity contribution in [1.82, 2.24) is 4.57 Å². The third-order valence-corrected chi connectivity index (χ3v) is 3.53. The van der Waals surface area contributed by atoms with Gasteiger partial charge >= 0.3 is 0 Å². The minimum absolute atomic E-state index is 0.638. The first-order valence-electron chi connectivity index (χ1n) is 6.25. The Kier molecular flexibility index (Phi) is 3.04. The summed E-state index contributed by atoms with van der Waals surface area (Å²) in [5.74, 6) is 0. The molecule has 1 aromatic carbocycles. The molecule has 0 N–H and O–H groups in total. The quantitative estimate of drug-likeness (QED) is 0.704. The molecule has 1 heterocycles. The van der Waals surface area contributed by atoms with Crippen LogP contribution in [0, 0.1) is 13.8 Å². The van der Waals surface area contributed by atoms with Gasteiger partial charge in [-0.25, -0.2) is 0 Å². The number of rotatable bonds is 3. The van der Waals surface area contributed by atoms with Crippen molar-refractivity contribution in [2.24, 2.45) is 0 Å². The zero-order valence-electron chi connectivity index (χ0n) is 10.7. The van der Waals surface area contributed by atoms with Gasteiger partial charge in [-0.2, -0.15) is 0 Å². The van der Waals surface area contributed by atoms with Gasteiger partial charge in [-0.05, 0) is 49.9 Å². The molecule has 0 unspecified atom stereocenters. The van der Waals surface area contributed by atoms with Crippen LogP contribution in [0.1, 0.15) is 43.9 Å². The van der Waals surface area contributed by atoms with Gasteiger partial charge in [-0.1, -0.05) is 19.9 Å². The monoisotopic (exact) mass is 215 g/mol. The molecule has 2 aromatic rings. The fourth-order valence-corrected chi connectivity index (χ4v) is 2.62. The van der Waals surface area contributed by atoms with E-state index in [4.69, 9.17) is 0 Å². The van der Waals surface area contributed by atoms with E-state index in [-0.39, 0.29) is 0 Å². The molecule has 0 saturated heterocycles. The lowest BCUT2D eigenvalue weighted by Crippen LogP contribution is -2.05. The van der Waals surface area contributed by atoms with Crippen molar-refractivity contribution in [1.29, 1.82) is 0 Å². The Hall–Kier alpha value is -1.24. The Balaban J connectivity index is 2.63. The van der Waals surface area contributed by atoms with Gasteiger partial charge in [0.15, 0.2) is 0 Å². The van der Waals surface area contributed by atoms with Crippen molar-refractivity contribution in [3.05, 3.63) is 35.5 Å². The number of benzene rings is 1. The lowest BCUT2D eigenvalue weighted by Gasteiger charge is -2.16. The van der Waals surface area contributed by atoms with Gasteiger partial charge in [-0.3, -0.25) is 0 Å². The van der Waals surface area contributed by atoms with Crippen LogP contribution >= 0.6 is 0 Å². The van der Waals surface area contributed by atoms with E-state index < -0.39 is 0 Å². The molecule has 0 atom stereocenters. The Labute approximate surface area is 98.1 Å². The van der Waals surface area contributed by atoms with Crippen molar-refractivity contribution in [2.75, 3.05) is 0 Å². The highest BCUT2D eigenvalue weighted by molar-refractivity contribution is 5.84. The molecule has 0 spiro atoms. The first-order valence-corrected chi connectivity index (χ1v) is 6.25. The summed E-state index contributed by atoms with van der Waals surface area (Å²) in [5.41, 5.74) is 4.14. The second-order valence-corrected chi connectivity index (χ2v) is 4.71. The summed E-state index contributed by atoms with van der Waals surface area (Å²) in [6.45, 7) is 8.91. The summed E-state index contributed by atoms with van der Waals surface area (Å²) in [5, 5.41) is 1.40. The first-order chi connectivity index (χ1) is 7.67. The molecule has 0 bridgehead atoms. The molecule has 0 radical (unpaired) electrons. The highest BCUT2D eigenvalue weighted by Gasteiger charge is 2.10. The van der Waals surface area contributed by atoms with Crippen LogP contribution in [0.3, 0.4) is 0 Å². The van der Waals surface area contributed by atoms with E-state index in [1.807, 2.05) is 0 Å². The Morgan fingerprint density at radius 3 is 2.44 bits per heavy atom. The molecule has 86 valence electrons. The summed E-state index contributed by atoms with van der Waals surface area (Å²) in [4.78, 5) is 0. The fraction of sp³-hybridized carbons (Fsp3) is 0.467. The summed E-state index contributed by atoms with van der Waals surface area (Å²) < 4.78 is 2.44. The lowest BCUT2D eigenvalue weighted by molar-refractivity contribution is 0.486. The normalized spacial score (nSPS) is 11.6. The summed E-state index contributed by atoms with van der Waals surface area (Å²) in [6, 6.07) is 7.46. The largest absolute Gasteiger partial charge is 0.344 e. The SMILES string of the molecule is CCC(CC)n1ccc2c(C)cc(C)cc21. The molecule has 0 aliphatic heterocycles. The van der Waals surface area contributed by atoms with Crippen molar-refractivity contribution < 1.29 is 0 Å². The van der Waals surface area contributed by atoms with Crippen LogP contribution in [0.5, 0.6) is 0 Å². The van der Waals surface area contributed by atoms with Gasteiger partial charge in [0.25, 0.3) is 0 Å². The van der Waals surface area contributed by atoms with Gasteiger partial charge in [0.1, 0.15) is 0 Å². The Morgan fingerprint density at radius 1 is 1.12 bits per heavy atom. The molecule has 16 heavy (non-hydrogen) atoms. The molecular weight excluding hydrogens is 194 g/mol. The average molecular weight is 215 g/mol. The van der Waals surface area contributed by atoms with Crippen molar-refractivity contribution >= 4 is 10.9 Å². The number of fused-ring (bicyclic) bond motifs is 1. The molecule has 0 aliphatic carbocycles. The molecule has 0 amide bonds. The molecule has 0 saturated carbocycles. The topological polar surface area (TPSA) is 4.93 Å². The van der Waals surface area contributed by atoms with Gasteiger partial charge in [0.05, 0.1) is 0 Å². The maximum absolute atomic E-state index is 2.44. The molecule has 0 fully saturated rings. The number of aryl methyl sites for hydroxylation is 2. The first kappa shape index (κ1) is 11.3. The summed E-state index contributed by atoms with van der Waals surface area (Å²) in [6.07, 6.45) is 4.65. The lowest BCUT2D eigenvalue weighted by atomic mass is 10.1. The van der Waals surface area contributed by atoms with E-state index >= 15 is 0 Å². The van der Waals surface area contributed by atoms with Gasteiger partial charge in [0.2, 0.25) is 0 Å². The molecule has 1 heteroatoms. The van der Waals surface area contributed by atoms with Crippen molar-refractivity contribution in [2.45, 2.75) is 46.6 Å². The zero-order chi connectivity index (χ0) is 11.7. The van der Waals surface area contributed by atoms with E-state index in [9.17, 15) is 0 Å². The molecule has 1 nitrogen and oxygen atoms in total. The number of nitrogens with zero attached hydrogens (tertiary/aromatic N) is 1. The zero-order valence-corrected chi connectivity index (χ0v) is 10.7. The maximum atomic E-state index is 2.44. The Bertz CT molecular complexity index is 489. The summed E-state index contributed by atoms with van der Waals surface area (Å²) in [7, 11) is 0. The predicted molar refractivity (Wildman–Crippen MR) is 71.0 cm³/mol. The minimum Gasteiger partial charge on any atom is -0.344 e. The van der Waals surface area contributed by atoms with Crippen LogP contribution in [0.2, 0.25) is 0 Å². The van der Waals surface area contributed by atoms with Gasteiger partial charge in [0, 0.05) is 23.1 Å². The van der Waals surface area contributed by atoms with E-state index in [1.165, 1.54) is 34.9 Å². The number of hydrogen-bond donors (Lipinski definition) is 0. The third kappa shape index (κ3) is 1.75. The van der Waals surface area contributed by atoms with E-state index in [0.29, 0.717) is 6.04 Å². The van der Waals surface area contributed by atoms with Gasteiger partial charge < -0.3 is 4.57 Å². The minimum atomic E-state index is 0.638. The molecule has 1 aromatic heterocycles. The second kappa shape index (κ2) is 4.32. The van der Waals surface area contributed by atoms with E-state index in [2.05, 4.69) is 56.7 Å². The van der Waals surface area contributed by atoms with Crippen LogP contribution in [0.25, 0.3) is 10.9 Å². The highest BCUT2D eigenvalue weighted by Crippen LogP contribution is 2.27. The van der Waals surface area contributed by atoms with Gasteiger partial charge in [-0.15, -0.1) is 0 Å². The van der Waals surface area contributed by atoms with E-state index in [1.54, 1.807) is 0 Å². The standard InChI is InChI=1S/C15H21N/c1-5-13(6-2)16-8-7-14-12(4)9-11(3)10-15(14)16/h7-10,13H,5-6H2,1-4H3. The van der Waals surface area contributed by atoms with Crippen LogP contribution in [0.4, 0.5) is 0 Å². The van der Waals surface area contributed by atoms with Crippen molar-refractivity contribution in [3.8, 4) is 0 Å². The second-order valence-electron chi connectivity index (χ2n) is 4.71. The fourth-order valence-electron chi connectivity index (χ4n) is 2.62. The smallest absolute Gasteiger partial charge is 0.0488 e. The third-order valence-electron chi connectivity index (χ3n) is 3.53. The van der Waals surface area contributed by atoms with Crippen molar-refractivity contribution in [3.63, 3.8) is 0 Å². The maximum Gasteiger partial charge on any atom is 0.0488 e. The number of aromatic nitrogens is 1. The molecule has 0 aliphatic rings. The van der Waals surface area contributed by atoms with Crippen LogP contribution in [-0.2, 0) is 0 Å². The van der Waals surface area contributed by atoms with E-state index in [0.717, 1.165) is 0 Å². The summed E-state index contributed by atoms with van der Waals surface area (Å²) >= 11 is 0. The average Bonchev–Trinajstić information content (AvgIpc) is 2.64. The molecule has 2 rings (SSSR count). The van der Waals surface area contributed by atoms with Crippen LogP contribution in [-0.4, -0.2) is 4.57 Å². The predicted octanol–water partition coefficient (Wildman–Crippen LogP) is 4.62.